The molecule has 0 saturated carbocycles. The lowest BCUT2D eigenvalue weighted by atomic mass is 10.0. The molecule has 0 N–H and O–H groups in total. The summed E-state index contributed by atoms with van der Waals surface area (Å²) in [5, 5.41) is 0. The Bertz CT molecular complexity index is 294. The van der Waals surface area contributed by atoms with Crippen LogP contribution < -0.4 is 0 Å². The minimum Gasteiger partial charge on any atom is -0.303 e. The minimum absolute atomic E-state index is 0.00296. The molecule has 1 aromatic rings. The molecule has 0 amide bonds. The third-order valence-corrected chi connectivity index (χ3v) is 2.80. The van der Waals surface area contributed by atoms with Gasteiger partial charge in [0.2, 0.25) is 0 Å². The molecule has 0 radical (unpaired) electrons. The maximum absolute atomic E-state index is 10.5. The Morgan fingerprint density at radius 2 is 2.17 bits per heavy atom. The van der Waals surface area contributed by atoms with Crippen LogP contribution in [-0.4, -0.2) is 6.29 Å². The molecule has 1 atom stereocenters. The van der Waals surface area contributed by atoms with Gasteiger partial charge in [-0.1, -0.05) is 35.0 Å². The molecule has 0 aliphatic carbocycles. The van der Waals surface area contributed by atoms with E-state index in [2.05, 4.69) is 15.9 Å². The maximum atomic E-state index is 10.5. The van der Waals surface area contributed by atoms with Crippen molar-refractivity contribution in [1.82, 2.24) is 0 Å². The third kappa shape index (κ3) is 1.95. The molecule has 0 bridgehead atoms. The fourth-order valence-electron chi connectivity index (χ4n) is 1.03. The van der Waals surface area contributed by atoms with Crippen molar-refractivity contribution in [3.8, 4) is 0 Å². The van der Waals surface area contributed by atoms with E-state index in [-0.39, 0.29) is 5.92 Å². The first-order valence-corrected chi connectivity index (χ1v) is 4.66. The lowest BCUT2D eigenvalue weighted by Gasteiger charge is -2.05. The van der Waals surface area contributed by atoms with E-state index in [0.29, 0.717) is 0 Å². The third-order valence-electron chi connectivity index (χ3n) is 1.91. The Morgan fingerprint density at radius 3 is 2.67 bits per heavy atom. The van der Waals surface area contributed by atoms with Gasteiger partial charge in [0.25, 0.3) is 0 Å². The smallest absolute Gasteiger partial charge is 0.127 e. The molecule has 1 unspecified atom stereocenters. The van der Waals surface area contributed by atoms with Gasteiger partial charge in [-0.15, -0.1) is 0 Å². The Labute approximate surface area is 80.9 Å². The fraction of sp³-hybridized carbons (Fsp3) is 0.300. The highest BCUT2D eigenvalue weighted by Gasteiger charge is 2.04. The predicted octanol–water partition coefficient (Wildman–Crippen LogP) is 3.06. The highest BCUT2D eigenvalue weighted by Crippen LogP contribution is 2.21. The molecule has 0 aliphatic heterocycles. The van der Waals surface area contributed by atoms with Crippen LogP contribution in [0.5, 0.6) is 0 Å². The zero-order chi connectivity index (χ0) is 9.14. The van der Waals surface area contributed by atoms with Crippen molar-refractivity contribution < 1.29 is 4.79 Å². The lowest BCUT2D eigenvalue weighted by molar-refractivity contribution is -0.108. The molecule has 0 spiro atoms. The molecule has 2 heteroatoms. The second-order valence-corrected chi connectivity index (χ2v) is 3.79. The summed E-state index contributed by atoms with van der Waals surface area (Å²) in [6.45, 7) is 3.92. The lowest BCUT2D eigenvalue weighted by Crippen LogP contribution is -1.94. The first kappa shape index (κ1) is 9.46. The van der Waals surface area contributed by atoms with Gasteiger partial charge in [-0.3, -0.25) is 0 Å². The fourth-order valence-corrected chi connectivity index (χ4v) is 1.28. The van der Waals surface area contributed by atoms with E-state index in [1.165, 1.54) is 5.56 Å². The molecule has 64 valence electrons. The average molecular weight is 227 g/mol. The monoisotopic (exact) mass is 226 g/mol. The number of halogens is 1. The predicted molar refractivity (Wildman–Crippen MR) is 53.4 cm³/mol. The molecule has 0 aliphatic rings. The van der Waals surface area contributed by atoms with Gasteiger partial charge >= 0.3 is 0 Å². The summed E-state index contributed by atoms with van der Waals surface area (Å²) in [7, 11) is 0. The van der Waals surface area contributed by atoms with Crippen LogP contribution in [0, 0.1) is 6.92 Å². The quantitative estimate of drug-likeness (QED) is 0.709. The number of aldehydes is 1. The number of benzene rings is 1. The summed E-state index contributed by atoms with van der Waals surface area (Å²) in [5.74, 6) is -0.00296. The van der Waals surface area contributed by atoms with Gasteiger partial charge < -0.3 is 4.79 Å². The van der Waals surface area contributed by atoms with Crippen molar-refractivity contribution in [1.29, 1.82) is 0 Å². The molecule has 0 heterocycles. The van der Waals surface area contributed by atoms with Gasteiger partial charge in [0.05, 0.1) is 0 Å². The largest absolute Gasteiger partial charge is 0.303 e. The van der Waals surface area contributed by atoms with E-state index < -0.39 is 0 Å². The first-order chi connectivity index (χ1) is 5.65. The summed E-state index contributed by atoms with van der Waals surface area (Å²) in [6.07, 6.45) is 0.961. The van der Waals surface area contributed by atoms with Crippen molar-refractivity contribution >= 4 is 22.2 Å². The Balaban J connectivity index is 3.04. The number of hydrogen-bond donors (Lipinski definition) is 0. The molecule has 0 saturated heterocycles. The van der Waals surface area contributed by atoms with Crippen LogP contribution in [-0.2, 0) is 4.79 Å². The first-order valence-electron chi connectivity index (χ1n) is 3.86. The van der Waals surface area contributed by atoms with E-state index >= 15 is 0 Å². The van der Waals surface area contributed by atoms with Crippen molar-refractivity contribution in [2.24, 2.45) is 0 Å². The summed E-state index contributed by atoms with van der Waals surface area (Å²) >= 11 is 3.41. The number of carbonyl (C=O) groups is 1. The molecule has 12 heavy (non-hydrogen) atoms. The maximum Gasteiger partial charge on any atom is 0.127 e. The molecular weight excluding hydrogens is 216 g/mol. The number of carbonyl (C=O) groups excluding carboxylic acids is 1. The van der Waals surface area contributed by atoms with Crippen molar-refractivity contribution in [2.45, 2.75) is 19.8 Å². The van der Waals surface area contributed by atoms with Crippen LogP contribution in [0.3, 0.4) is 0 Å². The summed E-state index contributed by atoms with van der Waals surface area (Å²) < 4.78 is 1.09. The Kier molecular flexibility index (Phi) is 3.04. The molecular formula is C10H11BrO. The van der Waals surface area contributed by atoms with Crippen LogP contribution in [0.15, 0.2) is 22.7 Å². The average Bonchev–Trinajstić information content (AvgIpc) is 2.08. The number of hydrogen-bond acceptors (Lipinski definition) is 1. The van der Waals surface area contributed by atoms with Crippen LogP contribution in [0.25, 0.3) is 0 Å². The standard InChI is InChI=1S/C10H11BrO/c1-7-5-9(8(2)6-12)3-4-10(7)11/h3-6,8H,1-2H3. The highest BCUT2D eigenvalue weighted by molar-refractivity contribution is 9.10. The normalized spacial score (nSPS) is 12.6. The van der Waals surface area contributed by atoms with Crippen molar-refractivity contribution in [3.63, 3.8) is 0 Å². The Morgan fingerprint density at radius 1 is 1.50 bits per heavy atom. The molecule has 1 nitrogen and oxygen atoms in total. The number of aryl methyl sites for hydroxylation is 1. The highest BCUT2D eigenvalue weighted by atomic mass is 79.9. The second kappa shape index (κ2) is 3.85. The zero-order valence-electron chi connectivity index (χ0n) is 7.17. The van der Waals surface area contributed by atoms with Crippen LogP contribution in [0.4, 0.5) is 0 Å². The number of rotatable bonds is 2. The molecule has 0 fully saturated rings. The van der Waals surface area contributed by atoms with E-state index in [1.54, 1.807) is 0 Å². The van der Waals surface area contributed by atoms with Crippen LogP contribution >= 0.6 is 15.9 Å². The van der Waals surface area contributed by atoms with E-state index in [9.17, 15) is 4.79 Å². The topological polar surface area (TPSA) is 17.1 Å². The molecule has 0 aromatic heterocycles. The van der Waals surface area contributed by atoms with Gasteiger partial charge in [0.1, 0.15) is 6.29 Å². The van der Waals surface area contributed by atoms with Gasteiger partial charge in [0, 0.05) is 10.4 Å². The van der Waals surface area contributed by atoms with Gasteiger partial charge in [0.15, 0.2) is 0 Å². The van der Waals surface area contributed by atoms with Gasteiger partial charge in [-0.05, 0) is 24.1 Å². The zero-order valence-corrected chi connectivity index (χ0v) is 8.76. The minimum atomic E-state index is -0.00296. The van der Waals surface area contributed by atoms with Gasteiger partial charge in [-0.2, -0.15) is 0 Å². The Hall–Kier alpha value is -0.630. The van der Waals surface area contributed by atoms with E-state index in [1.807, 2.05) is 32.0 Å². The van der Waals surface area contributed by atoms with E-state index in [0.717, 1.165) is 16.3 Å². The van der Waals surface area contributed by atoms with Gasteiger partial charge in [-0.25, -0.2) is 0 Å². The SMILES string of the molecule is Cc1cc(C(C)C=O)ccc1Br. The molecule has 1 rings (SSSR count). The van der Waals surface area contributed by atoms with Crippen molar-refractivity contribution in [3.05, 3.63) is 33.8 Å². The van der Waals surface area contributed by atoms with Crippen LogP contribution in [0.1, 0.15) is 24.0 Å². The van der Waals surface area contributed by atoms with Crippen LogP contribution in [0.2, 0.25) is 0 Å². The van der Waals surface area contributed by atoms with Crippen molar-refractivity contribution in [2.75, 3.05) is 0 Å². The second-order valence-electron chi connectivity index (χ2n) is 2.93. The van der Waals surface area contributed by atoms with E-state index in [4.69, 9.17) is 0 Å². The summed E-state index contributed by atoms with van der Waals surface area (Å²) in [5.41, 5.74) is 2.24. The summed E-state index contributed by atoms with van der Waals surface area (Å²) in [6, 6.07) is 5.98. The molecule has 1 aromatic carbocycles. The summed E-state index contributed by atoms with van der Waals surface area (Å²) in [4.78, 5) is 10.5.